The lowest BCUT2D eigenvalue weighted by Gasteiger charge is -2.31. The van der Waals surface area contributed by atoms with E-state index in [1.807, 2.05) is 0 Å². The van der Waals surface area contributed by atoms with E-state index in [-0.39, 0.29) is 11.9 Å². The Hall–Kier alpha value is -0.160. The SMILES string of the molecule is CCN(CC1CCCCN1)CC1COC2(CCCC2)O1. The molecule has 1 spiro atoms. The summed E-state index contributed by atoms with van der Waals surface area (Å²) in [4.78, 5) is 2.53. The third kappa shape index (κ3) is 3.53. The van der Waals surface area contributed by atoms with Gasteiger partial charge in [-0.3, -0.25) is 4.90 Å². The van der Waals surface area contributed by atoms with Gasteiger partial charge in [-0.25, -0.2) is 0 Å². The summed E-state index contributed by atoms with van der Waals surface area (Å²) in [6.07, 6.45) is 9.03. The van der Waals surface area contributed by atoms with E-state index >= 15 is 0 Å². The van der Waals surface area contributed by atoms with Gasteiger partial charge < -0.3 is 14.8 Å². The number of hydrogen-bond acceptors (Lipinski definition) is 4. The average molecular weight is 282 g/mol. The molecule has 3 aliphatic rings. The number of nitrogens with zero attached hydrogens (tertiary/aromatic N) is 1. The topological polar surface area (TPSA) is 33.7 Å². The van der Waals surface area contributed by atoms with E-state index < -0.39 is 0 Å². The first-order valence-electron chi connectivity index (χ1n) is 8.57. The summed E-state index contributed by atoms with van der Waals surface area (Å²) in [7, 11) is 0. The molecule has 2 aliphatic heterocycles. The van der Waals surface area contributed by atoms with Gasteiger partial charge in [0.05, 0.1) is 12.7 Å². The normalized spacial score (nSPS) is 33.3. The van der Waals surface area contributed by atoms with Crippen LogP contribution in [0.3, 0.4) is 0 Å². The van der Waals surface area contributed by atoms with Crippen LogP contribution in [0, 0.1) is 0 Å². The minimum atomic E-state index is -0.201. The van der Waals surface area contributed by atoms with E-state index in [0.29, 0.717) is 6.04 Å². The van der Waals surface area contributed by atoms with Crippen molar-refractivity contribution in [2.24, 2.45) is 0 Å². The largest absolute Gasteiger partial charge is 0.347 e. The molecule has 1 aliphatic carbocycles. The average Bonchev–Trinajstić information content (AvgIpc) is 3.10. The Labute approximate surface area is 123 Å². The molecule has 2 atom stereocenters. The van der Waals surface area contributed by atoms with E-state index in [1.54, 1.807) is 0 Å². The molecule has 116 valence electrons. The molecule has 2 saturated heterocycles. The van der Waals surface area contributed by atoms with Crippen molar-refractivity contribution in [1.29, 1.82) is 0 Å². The predicted octanol–water partition coefficient (Wildman–Crippen LogP) is 2.14. The molecule has 0 radical (unpaired) electrons. The zero-order valence-electron chi connectivity index (χ0n) is 12.9. The Morgan fingerprint density at radius 1 is 1.15 bits per heavy atom. The fraction of sp³-hybridized carbons (Fsp3) is 1.00. The highest BCUT2D eigenvalue weighted by Crippen LogP contribution is 2.39. The summed E-state index contributed by atoms with van der Waals surface area (Å²) < 4.78 is 12.2. The summed E-state index contributed by atoms with van der Waals surface area (Å²) in [5.74, 6) is -0.201. The Bertz CT molecular complexity index is 299. The Kier molecular flexibility index (Phi) is 4.97. The molecule has 3 rings (SSSR count). The molecule has 1 N–H and O–H groups in total. The molecule has 0 aromatic heterocycles. The number of ether oxygens (including phenoxy) is 2. The highest BCUT2D eigenvalue weighted by molar-refractivity contribution is 4.86. The monoisotopic (exact) mass is 282 g/mol. The third-order valence-electron chi connectivity index (χ3n) is 5.08. The maximum Gasteiger partial charge on any atom is 0.168 e. The van der Waals surface area contributed by atoms with Crippen molar-refractivity contribution in [3.63, 3.8) is 0 Å². The molecule has 4 nitrogen and oxygen atoms in total. The first kappa shape index (κ1) is 14.8. The van der Waals surface area contributed by atoms with Gasteiger partial charge in [-0.2, -0.15) is 0 Å². The van der Waals surface area contributed by atoms with Gasteiger partial charge >= 0.3 is 0 Å². The van der Waals surface area contributed by atoms with Gasteiger partial charge in [0.2, 0.25) is 0 Å². The fourth-order valence-electron chi connectivity index (χ4n) is 3.89. The quantitative estimate of drug-likeness (QED) is 0.837. The van der Waals surface area contributed by atoms with E-state index in [0.717, 1.165) is 39.1 Å². The molecule has 0 amide bonds. The van der Waals surface area contributed by atoms with Crippen molar-refractivity contribution in [3.8, 4) is 0 Å². The first-order valence-corrected chi connectivity index (χ1v) is 8.57. The summed E-state index contributed by atoms with van der Waals surface area (Å²) in [6.45, 7) is 7.51. The molecule has 20 heavy (non-hydrogen) atoms. The predicted molar refractivity (Wildman–Crippen MR) is 79.8 cm³/mol. The van der Waals surface area contributed by atoms with Crippen LogP contribution in [0.1, 0.15) is 51.9 Å². The molecule has 0 aromatic rings. The molecular weight excluding hydrogens is 252 g/mol. The molecule has 2 unspecified atom stereocenters. The summed E-state index contributed by atoms with van der Waals surface area (Å²) in [5, 5.41) is 3.64. The minimum Gasteiger partial charge on any atom is -0.347 e. The second kappa shape index (κ2) is 6.73. The van der Waals surface area contributed by atoms with Gasteiger partial charge in [0, 0.05) is 32.0 Å². The van der Waals surface area contributed by atoms with Crippen LogP contribution in [0.2, 0.25) is 0 Å². The van der Waals surface area contributed by atoms with Crippen LogP contribution in [0.5, 0.6) is 0 Å². The lowest BCUT2D eigenvalue weighted by Crippen LogP contribution is -2.46. The number of rotatable bonds is 5. The number of nitrogens with one attached hydrogen (secondary N) is 1. The van der Waals surface area contributed by atoms with Crippen LogP contribution in [-0.4, -0.2) is 55.6 Å². The van der Waals surface area contributed by atoms with Gasteiger partial charge in [-0.05, 0) is 38.8 Å². The maximum absolute atomic E-state index is 6.25. The van der Waals surface area contributed by atoms with Crippen molar-refractivity contribution < 1.29 is 9.47 Å². The smallest absolute Gasteiger partial charge is 0.168 e. The standard InChI is InChI=1S/C16H30N2O2/c1-2-18(11-14-7-3-6-10-17-14)12-15-13-19-16(20-15)8-4-5-9-16/h14-15,17H,2-13H2,1H3. The van der Waals surface area contributed by atoms with Gasteiger partial charge in [-0.1, -0.05) is 13.3 Å². The Morgan fingerprint density at radius 3 is 2.70 bits per heavy atom. The van der Waals surface area contributed by atoms with Crippen molar-refractivity contribution in [1.82, 2.24) is 10.2 Å². The number of likely N-dealkylation sites (N-methyl/N-ethyl adjacent to an activating group) is 1. The van der Waals surface area contributed by atoms with E-state index in [1.165, 1.54) is 38.6 Å². The summed E-state index contributed by atoms with van der Waals surface area (Å²) in [5.41, 5.74) is 0. The van der Waals surface area contributed by atoms with Gasteiger partial charge in [0.25, 0.3) is 0 Å². The highest BCUT2D eigenvalue weighted by atomic mass is 16.7. The van der Waals surface area contributed by atoms with Crippen molar-refractivity contribution in [2.45, 2.75) is 69.8 Å². The fourth-order valence-corrected chi connectivity index (χ4v) is 3.89. The molecule has 0 bridgehead atoms. The third-order valence-corrected chi connectivity index (χ3v) is 5.08. The van der Waals surface area contributed by atoms with Gasteiger partial charge in [-0.15, -0.1) is 0 Å². The van der Waals surface area contributed by atoms with Crippen molar-refractivity contribution in [2.75, 3.05) is 32.8 Å². The summed E-state index contributed by atoms with van der Waals surface area (Å²) >= 11 is 0. The van der Waals surface area contributed by atoms with E-state index in [2.05, 4.69) is 17.1 Å². The Balaban J connectivity index is 1.45. The number of hydrogen-bond donors (Lipinski definition) is 1. The molecule has 2 heterocycles. The zero-order valence-corrected chi connectivity index (χ0v) is 12.9. The highest BCUT2D eigenvalue weighted by Gasteiger charge is 2.43. The van der Waals surface area contributed by atoms with Crippen LogP contribution < -0.4 is 5.32 Å². The lowest BCUT2D eigenvalue weighted by atomic mass is 10.0. The van der Waals surface area contributed by atoms with Gasteiger partial charge in [0.1, 0.15) is 0 Å². The first-order chi connectivity index (χ1) is 9.80. The van der Waals surface area contributed by atoms with E-state index in [4.69, 9.17) is 9.47 Å². The lowest BCUT2D eigenvalue weighted by molar-refractivity contribution is -0.163. The molecule has 0 aromatic carbocycles. The molecule has 1 saturated carbocycles. The van der Waals surface area contributed by atoms with Crippen LogP contribution in [0.25, 0.3) is 0 Å². The van der Waals surface area contributed by atoms with Crippen LogP contribution in [-0.2, 0) is 9.47 Å². The second-order valence-electron chi connectivity index (χ2n) is 6.67. The second-order valence-corrected chi connectivity index (χ2v) is 6.67. The number of piperidine rings is 1. The maximum atomic E-state index is 6.25. The minimum absolute atomic E-state index is 0.201. The van der Waals surface area contributed by atoms with Crippen LogP contribution in [0.4, 0.5) is 0 Å². The van der Waals surface area contributed by atoms with Crippen LogP contribution in [0.15, 0.2) is 0 Å². The van der Waals surface area contributed by atoms with Crippen LogP contribution >= 0.6 is 0 Å². The molecule has 4 heteroatoms. The van der Waals surface area contributed by atoms with Crippen molar-refractivity contribution in [3.05, 3.63) is 0 Å². The molecule has 3 fully saturated rings. The van der Waals surface area contributed by atoms with Gasteiger partial charge in [0.15, 0.2) is 5.79 Å². The summed E-state index contributed by atoms with van der Waals surface area (Å²) in [6, 6.07) is 0.673. The Morgan fingerprint density at radius 2 is 2.00 bits per heavy atom. The molecular formula is C16H30N2O2. The van der Waals surface area contributed by atoms with Crippen molar-refractivity contribution >= 4 is 0 Å². The van der Waals surface area contributed by atoms with E-state index in [9.17, 15) is 0 Å². The zero-order chi connectivity index (χ0) is 13.8.